The number of hydrogen-bond donors (Lipinski definition) is 2. The fourth-order valence-electron chi connectivity index (χ4n) is 10.8. The highest BCUT2D eigenvalue weighted by Crippen LogP contribution is 2.53. The Morgan fingerprint density at radius 1 is 0.625 bits per heavy atom. The molecule has 3 aliphatic heterocycles. The Labute approximate surface area is 380 Å². The molecule has 0 aromatic heterocycles. The van der Waals surface area contributed by atoms with Crippen LogP contribution in [0.15, 0.2) is 131 Å². The number of urea groups is 1. The molecule has 0 spiro atoms. The van der Waals surface area contributed by atoms with Gasteiger partial charge in [0, 0.05) is 52.2 Å². The van der Waals surface area contributed by atoms with Gasteiger partial charge in [0.25, 0.3) is 11.8 Å². The number of fused-ring (bicyclic) bond motifs is 6. The van der Waals surface area contributed by atoms with Crippen LogP contribution in [0.4, 0.5) is 16.2 Å². The van der Waals surface area contributed by atoms with Gasteiger partial charge >= 0.3 is 6.03 Å². The summed E-state index contributed by atoms with van der Waals surface area (Å²) in [6.07, 6.45) is 11.7. The van der Waals surface area contributed by atoms with E-state index in [0.29, 0.717) is 37.8 Å². The first-order valence-corrected chi connectivity index (χ1v) is 23.5. The molecule has 1 unspecified atom stereocenters. The molecule has 2 fully saturated rings. The third-order valence-electron chi connectivity index (χ3n) is 13.8. The summed E-state index contributed by atoms with van der Waals surface area (Å²) in [5.74, 6) is -1.29. The number of carbonyl (C=O) groups excluding carboxylic acids is 3. The normalized spacial score (nSPS) is 21.5. The third-order valence-corrected chi connectivity index (χ3v) is 13.8. The first-order chi connectivity index (χ1) is 30.6. The zero-order chi connectivity index (χ0) is 45.8. The molecule has 1 saturated carbocycles. The molecule has 4 amide bonds. The lowest BCUT2D eigenvalue weighted by molar-refractivity contribution is -0.139. The largest absolute Gasteiger partial charge is 0.350 e. The Bertz CT molecular complexity index is 2570. The summed E-state index contributed by atoms with van der Waals surface area (Å²) >= 11 is 0. The summed E-state index contributed by atoms with van der Waals surface area (Å²) in [6.45, 7) is 22.4. The molecule has 1 saturated heterocycles. The number of nitrogens with one attached hydrogen (secondary N) is 1. The van der Waals surface area contributed by atoms with Crippen molar-refractivity contribution in [1.82, 2.24) is 15.3 Å². The number of barbiturate groups is 1. The Kier molecular flexibility index (Phi) is 12.1. The average Bonchev–Trinajstić information content (AvgIpc) is 3.84. The van der Waals surface area contributed by atoms with Crippen molar-refractivity contribution < 1.29 is 14.4 Å². The molecule has 4 aromatic rings. The van der Waals surface area contributed by atoms with E-state index in [1.807, 2.05) is 6.92 Å². The van der Waals surface area contributed by atoms with E-state index in [2.05, 4.69) is 175 Å². The smallest absolute Gasteiger partial charge is 0.341 e. The fraction of sp³-hybridized carbons (Fsp3) is 0.400. The standard InChI is InChI=1S/C55H66N6O3/c1-11-13-33-57-61-52(63)48(51(62)60(53(61)64)46(56)18-12-2)47-38(27-31-44-54(7,8)49-40-21-16-14-19-36(40)25-29-42(49)58(44)34(3)4)23-24-39(47)28-32-45-55(9,10)50-41-22-17-15-20-37(41)26-30-43(50)59(45)35(5)6/h14-17,19-22,25-32,34-35,46,57H,11-13,18,23-24,33,56H2,1-10H3/b38-27+,39-28+,44-31+,45-32+. The molecule has 3 heterocycles. The number of nitrogens with two attached hydrogens (primary N) is 1. The number of unbranched alkanes of at least 4 members (excludes halogenated alkanes) is 1. The van der Waals surface area contributed by atoms with Gasteiger partial charge in [0.2, 0.25) is 0 Å². The molecule has 64 heavy (non-hydrogen) atoms. The van der Waals surface area contributed by atoms with E-state index in [-0.39, 0.29) is 28.5 Å². The van der Waals surface area contributed by atoms with E-state index in [1.54, 1.807) is 0 Å². The second-order valence-electron chi connectivity index (χ2n) is 19.5. The number of hydrazine groups is 1. The van der Waals surface area contributed by atoms with E-state index in [4.69, 9.17) is 5.73 Å². The van der Waals surface area contributed by atoms with Crippen molar-refractivity contribution in [1.29, 1.82) is 0 Å². The summed E-state index contributed by atoms with van der Waals surface area (Å²) in [6, 6.07) is 25.6. The molecule has 334 valence electrons. The maximum Gasteiger partial charge on any atom is 0.350 e. The molecule has 8 rings (SSSR count). The molecule has 0 radical (unpaired) electrons. The number of rotatable bonds is 11. The highest BCUT2D eigenvalue weighted by Gasteiger charge is 2.48. The van der Waals surface area contributed by atoms with E-state index in [0.717, 1.165) is 45.3 Å². The summed E-state index contributed by atoms with van der Waals surface area (Å²) in [5, 5.41) is 5.90. The summed E-state index contributed by atoms with van der Waals surface area (Å²) < 4.78 is 0. The van der Waals surface area contributed by atoms with Crippen LogP contribution in [0.25, 0.3) is 21.5 Å². The van der Waals surface area contributed by atoms with Crippen molar-refractivity contribution >= 4 is 50.8 Å². The van der Waals surface area contributed by atoms with Gasteiger partial charge in [-0.25, -0.2) is 15.1 Å². The van der Waals surface area contributed by atoms with E-state index in [1.165, 1.54) is 44.0 Å². The Morgan fingerprint density at radius 3 is 1.56 bits per heavy atom. The zero-order valence-electron chi connectivity index (χ0n) is 39.5. The molecule has 1 atom stereocenters. The lowest BCUT2D eigenvalue weighted by Crippen LogP contribution is -2.65. The quantitative estimate of drug-likeness (QED) is 0.0880. The number of amides is 4. The Hall–Kier alpha value is -5.77. The van der Waals surface area contributed by atoms with Crippen molar-refractivity contribution in [3.05, 3.63) is 142 Å². The molecule has 0 bridgehead atoms. The minimum Gasteiger partial charge on any atom is -0.341 e. The molecule has 4 aromatic carbocycles. The highest BCUT2D eigenvalue weighted by molar-refractivity contribution is 6.29. The number of imide groups is 2. The van der Waals surface area contributed by atoms with Crippen LogP contribution in [0.5, 0.6) is 0 Å². The fourth-order valence-corrected chi connectivity index (χ4v) is 10.8. The van der Waals surface area contributed by atoms with Crippen LogP contribution < -0.4 is 21.0 Å². The van der Waals surface area contributed by atoms with Gasteiger partial charge in [-0.3, -0.25) is 9.59 Å². The van der Waals surface area contributed by atoms with Crippen molar-refractivity contribution in [2.45, 2.75) is 137 Å². The van der Waals surface area contributed by atoms with Gasteiger partial charge in [-0.15, -0.1) is 0 Å². The van der Waals surface area contributed by atoms with Gasteiger partial charge in [-0.1, -0.05) is 127 Å². The van der Waals surface area contributed by atoms with Crippen LogP contribution >= 0.6 is 0 Å². The van der Waals surface area contributed by atoms with Crippen molar-refractivity contribution in [3.8, 4) is 0 Å². The molecular weight excluding hydrogens is 793 g/mol. The minimum absolute atomic E-state index is 0.0247. The van der Waals surface area contributed by atoms with Gasteiger partial charge in [-0.2, -0.15) is 5.01 Å². The molecular formula is C55H66N6O3. The Morgan fingerprint density at radius 2 is 1.11 bits per heavy atom. The van der Waals surface area contributed by atoms with E-state index in [9.17, 15) is 14.4 Å². The van der Waals surface area contributed by atoms with Crippen LogP contribution in [0.2, 0.25) is 0 Å². The van der Waals surface area contributed by atoms with Crippen molar-refractivity contribution in [3.63, 3.8) is 0 Å². The number of carbonyl (C=O) groups is 3. The predicted octanol–water partition coefficient (Wildman–Crippen LogP) is 11.6. The number of allylic oxidation sites excluding steroid dienone is 9. The molecule has 1 aliphatic carbocycles. The summed E-state index contributed by atoms with van der Waals surface area (Å²) in [5.41, 5.74) is 18.6. The van der Waals surface area contributed by atoms with Crippen LogP contribution in [0, 0.1) is 0 Å². The van der Waals surface area contributed by atoms with Crippen molar-refractivity contribution in [2.75, 3.05) is 16.3 Å². The predicted molar refractivity (Wildman–Crippen MR) is 263 cm³/mol. The topological polar surface area (TPSA) is 102 Å². The lowest BCUT2D eigenvalue weighted by atomic mass is 9.81. The van der Waals surface area contributed by atoms with Crippen LogP contribution in [-0.2, 0) is 20.4 Å². The maximum atomic E-state index is 15.0. The summed E-state index contributed by atoms with van der Waals surface area (Å²) in [4.78, 5) is 49.9. The first-order valence-electron chi connectivity index (χ1n) is 23.5. The average molecular weight is 859 g/mol. The van der Waals surface area contributed by atoms with Crippen LogP contribution in [-0.4, -0.2) is 52.5 Å². The van der Waals surface area contributed by atoms with Gasteiger partial charge in [0.1, 0.15) is 5.57 Å². The highest BCUT2D eigenvalue weighted by atomic mass is 16.2. The summed E-state index contributed by atoms with van der Waals surface area (Å²) in [7, 11) is 0. The zero-order valence-corrected chi connectivity index (χ0v) is 39.5. The monoisotopic (exact) mass is 859 g/mol. The van der Waals surface area contributed by atoms with Crippen molar-refractivity contribution in [2.24, 2.45) is 5.73 Å². The van der Waals surface area contributed by atoms with Gasteiger partial charge in [-0.05, 0) is 127 Å². The number of hydrogen-bond acceptors (Lipinski definition) is 7. The SMILES string of the molecule is CCCCNN1C(=O)C(=C2/C(=C/C=C3/N(C(C)C)c4ccc5ccccc5c4C3(C)C)CC/C2=C\C=C2\N(C(C)C)c3ccc4ccccc4c3C2(C)C)C(=O)N(C(N)CCC)C1=O. The lowest BCUT2D eigenvalue weighted by Gasteiger charge is -2.37. The second kappa shape index (κ2) is 17.3. The van der Waals surface area contributed by atoms with E-state index >= 15 is 0 Å². The number of anilines is 2. The Balaban J connectivity index is 1.34. The van der Waals surface area contributed by atoms with Gasteiger partial charge in [0.15, 0.2) is 0 Å². The second-order valence-corrected chi connectivity index (χ2v) is 19.5. The molecule has 4 aliphatic rings. The van der Waals surface area contributed by atoms with E-state index < -0.39 is 24.0 Å². The first kappa shape index (κ1) is 44.8. The molecule has 9 heteroatoms. The van der Waals surface area contributed by atoms with Crippen LogP contribution in [0.3, 0.4) is 0 Å². The maximum absolute atomic E-state index is 15.0. The third kappa shape index (κ3) is 7.31. The minimum atomic E-state index is -0.894. The molecule has 3 N–H and O–H groups in total. The molecule has 9 nitrogen and oxygen atoms in total. The van der Waals surface area contributed by atoms with Gasteiger partial charge in [0.05, 0.1) is 6.17 Å². The van der Waals surface area contributed by atoms with Crippen LogP contribution in [0.1, 0.15) is 119 Å². The number of nitrogens with zero attached hydrogens (tertiary/aromatic N) is 4. The van der Waals surface area contributed by atoms with Gasteiger partial charge < -0.3 is 15.5 Å². The number of benzene rings is 4.